The van der Waals surface area contributed by atoms with Crippen LogP contribution in [0.1, 0.15) is 33.6 Å². The zero-order valence-electron chi connectivity index (χ0n) is 8.54. The van der Waals surface area contributed by atoms with Crippen molar-refractivity contribution >= 4 is 0 Å². The molecule has 0 aliphatic carbocycles. The molecular weight excluding hydrogens is 152 g/mol. The monoisotopic (exact) mass is 172 g/mol. The summed E-state index contributed by atoms with van der Waals surface area (Å²) in [7, 11) is 1.72. The second-order valence-electron chi connectivity index (χ2n) is 3.89. The van der Waals surface area contributed by atoms with Crippen LogP contribution in [0.2, 0.25) is 0 Å². The van der Waals surface area contributed by atoms with E-state index in [1.165, 1.54) is 0 Å². The lowest BCUT2D eigenvalue weighted by Gasteiger charge is -2.19. The maximum absolute atomic E-state index is 5.71. The predicted octanol–water partition coefficient (Wildman–Crippen LogP) is 2.43. The maximum Gasteiger partial charge on any atom is 0.157 e. The molecule has 0 aromatic carbocycles. The van der Waals surface area contributed by atoms with Crippen LogP contribution in [0.15, 0.2) is 0 Å². The summed E-state index contributed by atoms with van der Waals surface area (Å²) < 4.78 is 10.9. The molecule has 1 fully saturated rings. The van der Waals surface area contributed by atoms with Gasteiger partial charge in [0.05, 0.1) is 6.10 Å². The van der Waals surface area contributed by atoms with E-state index >= 15 is 0 Å². The molecule has 0 aromatic rings. The van der Waals surface area contributed by atoms with E-state index in [-0.39, 0.29) is 6.29 Å². The highest BCUT2D eigenvalue weighted by Gasteiger charge is 2.35. The molecule has 0 aromatic heterocycles. The number of methoxy groups -OCH3 is 1. The molecule has 12 heavy (non-hydrogen) atoms. The standard InChI is InChI=1S/C10H20O2/c1-5-9-8(7(2)3)6-10(11-4)12-9/h7-10H,5-6H2,1-4H3/t8?,9?,10-/m1/s1. The average molecular weight is 172 g/mol. The van der Waals surface area contributed by atoms with Crippen LogP contribution in [0.3, 0.4) is 0 Å². The van der Waals surface area contributed by atoms with Gasteiger partial charge in [-0.3, -0.25) is 0 Å². The largest absolute Gasteiger partial charge is 0.356 e. The Morgan fingerprint density at radius 1 is 1.50 bits per heavy atom. The van der Waals surface area contributed by atoms with E-state index in [9.17, 15) is 0 Å². The van der Waals surface area contributed by atoms with Crippen LogP contribution in [-0.4, -0.2) is 19.5 Å². The zero-order chi connectivity index (χ0) is 9.14. The fraction of sp³-hybridized carbons (Fsp3) is 1.00. The van der Waals surface area contributed by atoms with E-state index in [1.54, 1.807) is 7.11 Å². The van der Waals surface area contributed by atoms with Gasteiger partial charge in [0, 0.05) is 13.5 Å². The predicted molar refractivity (Wildman–Crippen MR) is 48.9 cm³/mol. The van der Waals surface area contributed by atoms with Gasteiger partial charge in [-0.15, -0.1) is 0 Å². The molecule has 0 spiro atoms. The van der Waals surface area contributed by atoms with Gasteiger partial charge in [0.1, 0.15) is 0 Å². The summed E-state index contributed by atoms with van der Waals surface area (Å²) in [5.41, 5.74) is 0. The van der Waals surface area contributed by atoms with Crippen molar-refractivity contribution in [1.29, 1.82) is 0 Å². The second kappa shape index (κ2) is 4.24. The molecule has 2 nitrogen and oxygen atoms in total. The van der Waals surface area contributed by atoms with E-state index in [0.717, 1.165) is 12.8 Å². The fourth-order valence-electron chi connectivity index (χ4n) is 1.98. The Kier molecular flexibility index (Phi) is 3.53. The lowest BCUT2D eigenvalue weighted by atomic mass is 9.88. The van der Waals surface area contributed by atoms with Gasteiger partial charge in [0.15, 0.2) is 6.29 Å². The minimum absolute atomic E-state index is 0.0438. The summed E-state index contributed by atoms with van der Waals surface area (Å²) in [6.07, 6.45) is 2.62. The molecule has 0 saturated carbocycles. The fourth-order valence-corrected chi connectivity index (χ4v) is 1.98. The maximum atomic E-state index is 5.71. The molecule has 1 aliphatic rings. The first-order chi connectivity index (χ1) is 5.69. The highest BCUT2D eigenvalue weighted by molar-refractivity contribution is 4.79. The van der Waals surface area contributed by atoms with E-state index in [2.05, 4.69) is 20.8 Å². The molecule has 2 unspecified atom stereocenters. The van der Waals surface area contributed by atoms with Crippen molar-refractivity contribution < 1.29 is 9.47 Å². The Morgan fingerprint density at radius 2 is 2.17 bits per heavy atom. The molecule has 0 amide bonds. The SMILES string of the molecule is CCC1O[C@@H](OC)CC1C(C)C. The lowest BCUT2D eigenvalue weighted by Crippen LogP contribution is -2.19. The van der Waals surface area contributed by atoms with Crippen LogP contribution in [0.25, 0.3) is 0 Å². The first-order valence-electron chi connectivity index (χ1n) is 4.87. The van der Waals surface area contributed by atoms with Crippen molar-refractivity contribution in [1.82, 2.24) is 0 Å². The number of hydrogen-bond acceptors (Lipinski definition) is 2. The summed E-state index contributed by atoms with van der Waals surface area (Å²) in [6, 6.07) is 0. The highest BCUT2D eigenvalue weighted by Crippen LogP contribution is 2.33. The van der Waals surface area contributed by atoms with Crippen LogP contribution in [0.4, 0.5) is 0 Å². The third-order valence-electron chi connectivity index (χ3n) is 2.79. The summed E-state index contributed by atoms with van der Waals surface area (Å²) in [5.74, 6) is 1.38. The molecule has 1 aliphatic heterocycles. The topological polar surface area (TPSA) is 18.5 Å². The van der Waals surface area contributed by atoms with Gasteiger partial charge < -0.3 is 9.47 Å². The minimum atomic E-state index is 0.0438. The second-order valence-corrected chi connectivity index (χ2v) is 3.89. The van der Waals surface area contributed by atoms with Crippen molar-refractivity contribution in [2.45, 2.75) is 46.0 Å². The molecule has 0 bridgehead atoms. The Labute approximate surface area is 75.2 Å². The molecule has 1 heterocycles. The van der Waals surface area contributed by atoms with Crippen LogP contribution in [0, 0.1) is 11.8 Å². The number of rotatable bonds is 3. The molecule has 72 valence electrons. The molecule has 2 heteroatoms. The van der Waals surface area contributed by atoms with Crippen LogP contribution in [-0.2, 0) is 9.47 Å². The summed E-state index contributed by atoms with van der Waals surface area (Å²) in [6.45, 7) is 6.70. The highest BCUT2D eigenvalue weighted by atomic mass is 16.7. The van der Waals surface area contributed by atoms with E-state index in [4.69, 9.17) is 9.47 Å². The van der Waals surface area contributed by atoms with E-state index < -0.39 is 0 Å². The Morgan fingerprint density at radius 3 is 2.50 bits per heavy atom. The Hall–Kier alpha value is -0.0800. The van der Waals surface area contributed by atoms with Gasteiger partial charge in [-0.2, -0.15) is 0 Å². The smallest absolute Gasteiger partial charge is 0.157 e. The van der Waals surface area contributed by atoms with Gasteiger partial charge >= 0.3 is 0 Å². The average Bonchev–Trinajstić information content (AvgIpc) is 2.47. The van der Waals surface area contributed by atoms with Crippen LogP contribution >= 0.6 is 0 Å². The number of hydrogen-bond donors (Lipinski definition) is 0. The summed E-state index contributed by atoms with van der Waals surface area (Å²) in [4.78, 5) is 0. The summed E-state index contributed by atoms with van der Waals surface area (Å²) in [5, 5.41) is 0. The normalized spacial score (nSPS) is 36.2. The van der Waals surface area contributed by atoms with Crippen molar-refractivity contribution in [3.05, 3.63) is 0 Å². The van der Waals surface area contributed by atoms with Gasteiger partial charge in [0.25, 0.3) is 0 Å². The van der Waals surface area contributed by atoms with Gasteiger partial charge in [-0.25, -0.2) is 0 Å². The van der Waals surface area contributed by atoms with E-state index in [0.29, 0.717) is 17.9 Å². The number of ether oxygens (including phenoxy) is 2. The van der Waals surface area contributed by atoms with Crippen molar-refractivity contribution in [2.75, 3.05) is 7.11 Å². The van der Waals surface area contributed by atoms with Crippen LogP contribution < -0.4 is 0 Å². The lowest BCUT2D eigenvalue weighted by molar-refractivity contribution is -0.116. The van der Waals surface area contributed by atoms with Gasteiger partial charge in [0.2, 0.25) is 0 Å². The molecule has 0 radical (unpaired) electrons. The van der Waals surface area contributed by atoms with Crippen molar-refractivity contribution in [3.8, 4) is 0 Å². The van der Waals surface area contributed by atoms with Crippen molar-refractivity contribution in [3.63, 3.8) is 0 Å². The third kappa shape index (κ3) is 1.99. The first kappa shape index (κ1) is 10.0. The molecule has 1 rings (SSSR count). The Balaban J connectivity index is 2.50. The van der Waals surface area contributed by atoms with Gasteiger partial charge in [-0.1, -0.05) is 20.8 Å². The van der Waals surface area contributed by atoms with Crippen molar-refractivity contribution in [2.24, 2.45) is 11.8 Å². The Bertz CT molecular complexity index is 134. The molecular formula is C10H20O2. The molecule has 0 N–H and O–H groups in total. The first-order valence-corrected chi connectivity index (χ1v) is 4.87. The molecule has 1 saturated heterocycles. The third-order valence-corrected chi connectivity index (χ3v) is 2.79. The molecule has 3 atom stereocenters. The van der Waals surface area contributed by atoms with Crippen LogP contribution in [0.5, 0.6) is 0 Å². The summed E-state index contributed by atoms with van der Waals surface area (Å²) >= 11 is 0. The zero-order valence-corrected chi connectivity index (χ0v) is 8.54. The van der Waals surface area contributed by atoms with E-state index in [1.807, 2.05) is 0 Å². The minimum Gasteiger partial charge on any atom is -0.356 e. The van der Waals surface area contributed by atoms with Gasteiger partial charge in [-0.05, 0) is 18.3 Å². The quantitative estimate of drug-likeness (QED) is 0.651.